The third-order valence-corrected chi connectivity index (χ3v) is 5.16. The highest BCUT2D eigenvalue weighted by Gasteiger charge is 2.11. The molecule has 0 fully saturated rings. The van der Waals surface area contributed by atoms with Crippen molar-refractivity contribution >= 4 is 22.6 Å². The number of benzene rings is 2. The predicted octanol–water partition coefficient (Wildman–Crippen LogP) is 5.42. The van der Waals surface area contributed by atoms with Gasteiger partial charge in [0.1, 0.15) is 16.6 Å². The van der Waals surface area contributed by atoms with Gasteiger partial charge in [0.15, 0.2) is 11.5 Å². The van der Waals surface area contributed by atoms with Crippen LogP contribution in [0.2, 0.25) is 0 Å². The van der Waals surface area contributed by atoms with Gasteiger partial charge >= 0.3 is 0 Å². The number of ether oxygens (including phenoxy) is 2. The molecule has 6 heteroatoms. The summed E-state index contributed by atoms with van der Waals surface area (Å²) < 4.78 is 10.5. The average molecular weight is 391 g/mol. The van der Waals surface area contributed by atoms with Crippen molar-refractivity contribution in [3.05, 3.63) is 64.1 Å². The van der Waals surface area contributed by atoms with Crippen LogP contribution in [0.15, 0.2) is 48.0 Å². The van der Waals surface area contributed by atoms with E-state index in [-0.39, 0.29) is 0 Å². The van der Waals surface area contributed by atoms with E-state index in [0.717, 1.165) is 16.9 Å². The Kier molecular flexibility index (Phi) is 5.97. The Hall–Kier alpha value is -3.30. The third kappa shape index (κ3) is 4.16. The monoisotopic (exact) mass is 391 g/mol. The van der Waals surface area contributed by atoms with Gasteiger partial charge < -0.3 is 14.8 Å². The highest BCUT2D eigenvalue weighted by molar-refractivity contribution is 7.11. The van der Waals surface area contributed by atoms with Gasteiger partial charge in [-0.3, -0.25) is 0 Å². The van der Waals surface area contributed by atoms with Crippen molar-refractivity contribution in [1.82, 2.24) is 4.98 Å². The summed E-state index contributed by atoms with van der Waals surface area (Å²) >= 11 is 1.45. The number of nitrogens with one attached hydrogen (secondary N) is 1. The lowest BCUT2D eigenvalue weighted by molar-refractivity contribution is 0.355. The second kappa shape index (κ2) is 8.59. The van der Waals surface area contributed by atoms with E-state index in [4.69, 9.17) is 9.47 Å². The molecule has 28 heavy (non-hydrogen) atoms. The minimum absolute atomic E-state index is 0.468. The van der Waals surface area contributed by atoms with E-state index in [1.807, 2.05) is 23.6 Å². The second-order valence-corrected chi connectivity index (χ2v) is 7.10. The number of aryl methyl sites for hydroxylation is 2. The first-order chi connectivity index (χ1) is 13.5. The molecule has 0 saturated carbocycles. The Balaban J connectivity index is 1.84. The molecule has 0 atom stereocenters. The van der Waals surface area contributed by atoms with Crippen LogP contribution in [0.5, 0.6) is 11.5 Å². The Bertz CT molecular complexity index is 1060. The summed E-state index contributed by atoms with van der Waals surface area (Å²) in [4.78, 5) is 4.66. The maximum Gasteiger partial charge on any atom is 0.162 e. The second-order valence-electron chi connectivity index (χ2n) is 6.24. The minimum Gasteiger partial charge on any atom is -0.493 e. The first kappa shape index (κ1) is 19.5. The summed E-state index contributed by atoms with van der Waals surface area (Å²) in [6, 6.07) is 14.0. The molecular weight excluding hydrogens is 370 g/mol. The number of thiazole rings is 1. The molecule has 3 rings (SSSR count). The number of hydrogen-bond acceptors (Lipinski definition) is 6. The van der Waals surface area contributed by atoms with Crippen molar-refractivity contribution in [3.63, 3.8) is 0 Å². The van der Waals surface area contributed by atoms with Crippen LogP contribution in [0.1, 0.15) is 16.1 Å². The smallest absolute Gasteiger partial charge is 0.162 e. The van der Waals surface area contributed by atoms with Gasteiger partial charge in [0, 0.05) is 28.9 Å². The van der Waals surface area contributed by atoms with E-state index in [0.29, 0.717) is 22.1 Å². The van der Waals surface area contributed by atoms with E-state index in [2.05, 4.69) is 48.4 Å². The summed E-state index contributed by atoms with van der Waals surface area (Å²) in [5, 5.41) is 15.4. The number of aromatic nitrogens is 1. The van der Waals surface area contributed by atoms with Crippen LogP contribution < -0.4 is 14.8 Å². The molecule has 1 heterocycles. The van der Waals surface area contributed by atoms with Gasteiger partial charge in [-0.05, 0) is 31.5 Å². The fourth-order valence-electron chi connectivity index (χ4n) is 2.85. The van der Waals surface area contributed by atoms with Gasteiger partial charge in [-0.2, -0.15) is 5.26 Å². The lowest BCUT2D eigenvalue weighted by Crippen LogP contribution is -1.94. The lowest BCUT2D eigenvalue weighted by atomic mass is 10.0. The number of nitrogens with zero attached hydrogens (tertiary/aromatic N) is 2. The van der Waals surface area contributed by atoms with Crippen molar-refractivity contribution in [1.29, 1.82) is 5.26 Å². The van der Waals surface area contributed by atoms with Crippen LogP contribution in [-0.2, 0) is 0 Å². The highest BCUT2D eigenvalue weighted by atomic mass is 32.1. The molecule has 0 aliphatic heterocycles. The van der Waals surface area contributed by atoms with Crippen LogP contribution in [0.25, 0.3) is 16.8 Å². The summed E-state index contributed by atoms with van der Waals surface area (Å²) in [6.45, 7) is 4.14. The number of nitriles is 1. The number of hydrogen-bond donors (Lipinski definition) is 1. The normalized spacial score (nSPS) is 11.0. The quantitative estimate of drug-likeness (QED) is 0.568. The molecule has 142 valence electrons. The first-order valence-corrected chi connectivity index (χ1v) is 9.56. The van der Waals surface area contributed by atoms with Crippen LogP contribution in [0.3, 0.4) is 0 Å². The van der Waals surface area contributed by atoms with Crippen LogP contribution in [-0.4, -0.2) is 19.2 Å². The van der Waals surface area contributed by atoms with Crippen LogP contribution >= 0.6 is 11.3 Å². The van der Waals surface area contributed by atoms with Gasteiger partial charge in [-0.15, -0.1) is 11.3 Å². The average Bonchev–Trinajstić information content (AvgIpc) is 3.17. The zero-order valence-electron chi connectivity index (χ0n) is 16.2. The highest BCUT2D eigenvalue weighted by Crippen LogP contribution is 2.31. The van der Waals surface area contributed by atoms with Gasteiger partial charge in [0.25, 0.3) is 0 Å². The van der Waals surface area contributed by atoms with Gasteiger partial charge in [0.05, 0.1) is 19.9 Å². The first-order valence-electron chi connectivity index (χ1n) is 8.68. The number of anilines is 1. The Morgan fingerprint density at radius 3 is 2.57 bits per heavy atom. The SMILES string of the molecule is COc1ccc(N/C=C(\C#N)c2nc(-c3ccc(C)cc3C)cs2)cc1OC. The van der Waals surface area contributed by atoms with Crippen molar-refractivity contribution in [2.45, 2.75) is 13.8 Å². The van der Waals surface area contributed by atoms with E-state index in [1.165, 1.54) is 22.5 Å². The van der Waals surface area contributed by atoms with Crippen molar-refractivity contribution < 1.29 is 9.47 Å². The molecular formula is C22H21N3O2S. The molecule has 1 N–H and O–H groups in total. The van der Waals surface area contributed by atoms with Crippen molar-refractivity contribution in [3.8, 4) is 28.8 Å². The fraction of sp³-hybridized carbons (Fsp3) is 0.182. The Morgan fingerprint density at radius 2 is 1.89 bits per heavy atom. The largest absolute Gasteiger partial charge is 0.493 e. The van der Waals surface area contributed by atoms with Crippen LogP contribution in [0, 0.1) is 25.2 Å². The molecule has 0 saturated heterocycles. The molecule has 0 unspecified atom stereocenters. The fourth-order valence-corrected chi connectivity index (χ4v) is 3.63. The number of rotatable bonds is 6. The molecule has 3 aromatic rings. The van der Waals surface area contributed by atoms with Crippen molar-refractivity contribution in [2.75, 3.05) is 19.5 Å². The topological polar surface area (TPSA) is 67.2 Å². The lowest BCUT2D eigenvalue weighted by Gasteiger charge is -2.09. The molecule has 0 spiro atoms. The van der Waals surface area contributed by atoms with Gasteiger partial charge in [-0.25, -0.2) is 4.98 Å². The standard InChI is InChI=1S/C22H21N3O2S/c1-14-5-7-18(15(2)9-14)19-13-28-22(25-19)16(11-23)12-24-17-6-8-20(26-3)21(10-17)27-4/h5-10,12-13,24H,1-4H3/b16-12+. The van der Waals surface area contributed by atoms with E-state index < -0.39 is 0 Å². The Labute approximate surface area is 168 Å². The van der Waals surface area contributed by atoms with Gasteiger partial charge in [-0.1, -0.05) is 23.8 Å². The molecule has 0 aliphatic carbocycles. The van der Waals surface area contributed by atoms with Gasteiger partial charge in [0.2, 0.25) is 0 Å². The zero-order chi connectivity index (χ0) is 20.1. The predicted molar refractivity (Wildman–Crippen MR) is 114 cm³/mol. The maximum absolute atomic E-state index is 9.57. The van der Waals surface area contributed by atoms with Crippen molar-refractivity contribution in [2.24, 2.45) is 0 Å². The summed E-state index contributed by atoms with van der Waals surface area (Å²) in [7, 11) is 3.18. The number of methoxy groups -OCH3 is 2. The summed E-state index contributed by atoms with van der Waals surface area (Å²) in [5.41, 5.74) is 5.60. The molecule has 0 radical (unpaired) electrons. The molecule has 0 amide bonds. The van der Waals surface area contributed by atoms with E-state index in [9.17, 15) is 5.26 Å². The third-order valence-electron chi connectivity index (χ3n) is 4.28. The summed E-state index contributed by atoms with van der Waals surface area (Å²) in [5.74, 6) is 1.27. The van der Waals surface area contributed by atoms with E-state index >= 15 is 0 Å². The molecule has 5 nitrogen and oxygen atoms in total. The molecule has 1 aromatic heterocycles. The summed E-state index contributed by atoms with van der Waals surface area (Å²) in [6.07, 6.45) is 1.66. The zero-order valence-corrected chi connectivity index (χ0v) is 17.1. The molecule has 0 aliphatic rings. The maximum atomic E-state index is 9.57. The Morgan fingerprint density at radius 1 is 1.11 bits per heavy atom. The molecule has 2 aromatic carbocycles. The van der Waals surface area contributed by atoms with E-state index in [1.54, 1.807) is 20.4 Å². The minimum atomic E-state index is 0.468. The van der Waals surface area contributed by atoms with Crippen LogP contribution in [0.4, 0.5) is 5.69 Å². The number of allylic oxidation sites excluding steroid dienone is 1. The molecule has 0 bridgehead atoms.